The highest BCUT2D eigenvalue weighted by Crippen LogP contribution is 2.49. The number of ether oxygens (including phenoxy) is 3. The highest BCUT2D eigenvalue weighted by molar-refractivity contribution is 6.31. The van der Waals surface area contributed by atoms with E-state index in [-0.39, 0.29) is 5.41 Å². The van der Waals surface area contributed by atoms with Crippen LogP contribution in [-0.2, 0) is 23.8 Å². The molecule has 0 bridgehead atoms. The van der Waals surface area contributed by atoms with Gasteiger partial charge in [0, 0.05) is 13.2 Å². The lowest BCUT2D eigenvalue weighted by Crippen LogP contribution is -2.74. The van der Waals surface area contributed by atoms with Crippen LogP contribution in [-0.4, -0.2) is 37.6 Å². The number of carbonyl (C=O) groups excluding carboxylic acids is 2. The van der Waals surface area contributed by atoms with Gasteiger partial charge in [-0.15, -0.1) is 0 Å². The Morgan fingerprint density at radius 2 is 1.93 bits per heavy atom. The average molecular weight is 199 g/mol. The maximum Gasteiger partial charge on any atom is 0.421 e. The van der Waals surface area contributed by atoms with Gasteiger partial charge in [0.15, 0.2) is 0 Å². The molecule has 0 aromatic heterocycles. The summed E-state index contributed by atoms with van der Waals surface area (Å²) < 4.78 is 15.1. The van der Waals surface area contributed by atoms with E-state index in [1.807, 2.05) is 0 Å². The van der Waals surface area contributed by atoms with Crippen molar-refractivity contribution in [2.45, 2.75) is 12.3 Å². The Bertz CT molecular complexity index is 304. The molecule has 6 heteroatoms. The fourth-order valence-corrected chi connectivity index (χ4v) is 2.14. The summed E-state index contributed by atoms with van der Waals surface area (Å²) in [6.07, 6.45) is 0.737. The van der Waals surface area contributed by atoms with E-state index in [2.05, 4.69) is 5.32 Å². The molecule has 0 aromatic carbocycles. The Hall–Kier alpha value is -1.14. The van der Waals surface area contributed by atoms with E-state index in [1.165, 1.54) is 0 Å². The quantitative estimate of drug-likeness (QED) is 0.388. The monoisotopic (exact) mass is 199 g/mol. The first-order valence-corrected chi connectivity index (χ1v) is 4.47. The van der Waals surface area contributed by atoms with Crippen LogP contribution in [0.4, 0.5) is 0 Å². The zero-order chi connectivity index (χ0) is 9.81. The lowest BCUT2D eigenvalue weighted by atomic mass is 9.76. The van der Waals surface area contributed by atoms with Gasteiger partial charge in [-0.3, -0.25) is 0 Å². The van der Waals surface area contributed by atoms with E-state index in [9.17, 15) is 9.59 Å². The summed E-state index contributed by atoms with van der Waals surface area (Å²) in [5.74, 6) is -3.09. The van der Waals surface area contributed by atoms with Gasteiger partial charge in [0.25, 0.3) is 0 Å². The first-order valence-electron chi connectivity index (χ1n) is 4.47. The fraction of sp³-hybridized carbons (Fsp3) is 0.750. The lowest BCUT2D eigenvalue weighted by Gasteiger charge is -2.50. The minimum atomic E-state index is -1.24. The van der Waals surface area contributed by atoms with Crippen molar-refractivity contribution in [1.29, 1.82) is 0 Å². The van der Waals surface area contributed by atoms with Crippen molar-refractivity contribution >= 4 is 11.9 Å². The lowest BCUT2D eigenvalue weighted by molar-refractivity contribution is -0.296. The van der Waals surface area contributed by atoms with Crippen LogP contribution in [0.2, 0.25) is 0 Å². The third-order valence-corrected chi connectivity index (χ3v) is 3.10. The fourth-order valence-electron chi connectivity index (χ4n) is 2.14. The number of carbonyl (C=O) groups is 2. The highest BCUT2D eigenvalue weighted by atomic mass is 16.8. The number of hydrogen-bond donors (Lipinski definition) is 1. The molecule has 0 aromatic rings. The van der Waals surface area contributed by atoms with Crippen molar-refractivity contribution in [3.63, 3.8) is 0 Å². The maximum atomic E-state index is 10.9. The Labute approximate surface area is 79.5 Å². The highest BCUT2D eigenvalue weighted by Gasteiger charge is 2.70. The Balaban J connectivity index is 1.91. The number of nitrogens with one attached hydrogen (secondary N) is 1. The second-order valence-corrected chi connectivity index (χ2v) is 3.83. The third-order valence-electron chi connectivity index (χ3n) is 3.10. The molecule has 1 unspecified atom stereocenters. The summed E-state index contributed by atoms with van der Waals surface area (Å²) in [5, 5.41) is 2.85. The normalized spacial score (nSPS) is 38.6. The van der Waals surface area contributed by atoms with Crippen LogP contribution in [0.15, 0.2) is 0 Å². The molecule has 0 saturated carbocycles. The third kappa shape index (κ3) is 0.737. The minimum absolute atomic E-state index is 0.366. The molecule has 14 heavy (non-hydrogen) atoms. The first-order chi connectivity index (χ1) is 6.68. The van der Waals surface area contributed by atoms with Crippen molar-refractivity contribution in [3.05, 3.63) is 0 Å². The molecule has 3 aliphatic heterocycles. The van der Waals surface area contributed by atoms with Gasteiger partial charge in [-0.25, -0.2) is 14.9 Å². The first kappa shape index (κ1) is 8.19. The molecule has 76 valence electrons. The summed E-state index contributed by atoms with van der Waals surface area (Å²) in [6.45, 7) is 1.71. The van der Waals surface area contributed by atoms with Gasteiger partial charge in [-0.05, 0) is 6.42 Å². The Morgan fingerprint density at radius 3 is 2.36 bits per heavy atom. The second kappa shape index (κ2) is 2.26. The molecular weight excluding hydrogens is 190 g/mol. The summed E-state index contributed by atoms with van der Waals surface area (Å²) >= 11 is 0. The van der Waals surface area contributed by atoms with Crippen molar-refractivity contribution in [2.75, 3.05) is 19.8 Å². The SMILES string of the molecule is O=C1OC2(NCC23CCOC3)OC1=O. The topological polar surface area (TPSA) is 73.9 Å². The van der Waals surface area contributed by atoms with Gasteiger partial charge in [0.05, 0.1) is 6.61 Å². The zero-order valence-corrected chi connectivity index (χ0v) is 7.37. The molecule has 6 nitrogen and oxygen atoms in total. The molecule has 3 aliphatic rings. The standard InChI is InChI=1S/C8H9NO5/c10-5-6(11)14-8(13-5)7(3-9-8)1-2-12-4-7/h9H,1-4H2. The predicted molar refractivity (Wildman–Crippen MR) is 40.8 cm³/mol. The molecule has 3 saturated heterocycles. The van der Waals surface area contributed by atoms with Gasteiger partial charge in [-0.2, -0.15) is 0 Å². The van der Waals surface area contributed by atoms with Gasteiger partial charge < -0.3 is 14.2 Å². The van der Waals surface area contributed by atoms with E-state index in [4.69, 9.17) is 14.2 Å². The van der Waals surface area contributed by atoms with E-state index >= 15 is 0 Å². The minimum Gasteiger partial charge on any atom is -0.399 e. The van der Waals surface area contributed by atoms with Crippen LogP contribution in [0.1, 0.15) is 6.42 Å². The number of fused-ring (bicyclic) bond motifs is 1. The molecule has 1 atom stereocenters. The summed E-state index contributed by atoms with van der Waals surface area (Å²) in [5.41, 5.74) is -0.366. The number of hydrogen-bond acceptors (Lipinski definition) is 6. The van der Waals surface area contributed by atoms with E-state index in [0.717, 1.165) is 6.42 Å². The molecule has 0 amide bonds. The molecule has 3 rings (SSSR count). The summed E-state index contributed by atoms with van der Waals surface area (Å²) in [6, 6.07) is 0. The van der Waals surface area contributed by atoms with Crippen molar-refractivity contribution in [2.24, 2.45) is 5.41 Å². The summed E-state index contributed by atoms with van der Waals surface area (Å²) in [7, 11) is 0. The Morgan fingerprint density at radius 1 is 1.21 bits per heavy atom. The smallest absolute Gasteiger partial charge is 0.399 e. The van der Waals surface area contributed by atoms with Crippen LogP contribution in [0.5, 0.6) is 0 Å². The molecule has 1 N–H and O–H groups in total. The largest absolute Gasteiger partial charge is 0.421 e. The van der Waals surface area contributed by atoms with Crippen LogP contribution in [0, 0.1) is 5.41 Å². The molecular formula is C8H9NO5. The van der Waals surface area contributed by atoms with Crippen molar-refractivity contribution in [3.8, 4) is 0 Å². The van der Waals surface area contributed by atoms with Crippen molar-refractivity contribution < 1.29 is 23.8 Å². The van der Waals surface area contributed by atoms with E-state index in [1.54, 1.807) is 0 Å². The van der Waals surface area contributed by atoms with Crippen LogP contribution >= 0.6 is 0 Å². The zero-order valence-electron chi connectivity index (χ0n) is 7.37. The van der Waals surface area contributed by atoms with E-state index in [0.29, 0.717) is 19.8 Å². The molecule has 3 fully saturated rings. The second-order valence-electron chi connectivity index (χ2n) is 3.83. The van der Waals surface area contributed by atoms with Crippen LogP contribution in [0.3, 0.4) is 0 Å². The molecule has 0 aliphatic carbocycles. The van der Waals surface area contributed by atoms with Gasteiger partial charge >= 0.3 is 17.8 Å². The molecule has 0 radical (unpaired) electrons. The van der Waals surface area contributed by atoms with Gasteiger partial charge in [0.1, 0.15) is 5.41 Å². The molecule has 2 spiro atoms. The predicted octanol–water partition coefficient (Wildman–Crippen LogP) is -1.25. The number of rotatable bonds is 0. The summed E-state index contributed by atoms with van der Waals surface area (Å²) in [4.78, 5) is 21.9. The maximum absolute atomic E-state index is 10.9. The van der Waals surface area contributed by atoms with Crippen molar-refractivity contribution in [1.82, 2.24) is 5.32 Å². The number of esters is 2. The average Bonchev–Trinajstić information content (AvgIpc) is 2.73. The van der Waals surface area contributed by atoms with Crippen LogP contribution in [0.25, 0.3) is 0 Å². The van der Waals surface area contributed by atoms with E-state index < -0.39 is 17.8 Å². The molecule has 3 heterocycles. The van der Waals surface area contributed by atoms with Gasteiger partial charge in [-0.1, -0.05) is 0 Å². The van der Waals surface area contributed by atoms with Crippen LogP contribution < -0.4 is 5.32 Å². The Kier molecular flexibility index (Phi) is 1.32. The van der Waals surface area contributed by atoms with Gasteiger partial charge in [0.2, 0.25) is 0 Å².